The monoisotopic (exact) mass is 238 g/mol. The van der Waals surface area contributed by atoms with E-state index in [0.29, 0.717) is 6.42 Å². The van der Waals surface area contributed by atoms with E-state index in [2.05, 4.69) is 29.6 Å². The average molecular weight is 238 g/mol. The molecule has 3 rings (SSSR count). The van der Waals surface area contributed by atoms with Crippen LogP contribution in [0.3, 0.4) is 0 Å². The van der Waals surface area contributed by atoms with Gasteiger partial charge < -0.3 is 10.1 Å². The first-order valence-corrected chi connectivity index (χ1v) is 6.05. The van der Waals surface area contributed by atoms with Crippen LogP contribution >= 0.6 is 0 Å². The van der Waals surface area contributed by atoms with Crippen molar-refractivity contribution in [2.45, 2.75) is 18.9 Å². The number of ether oxygens (including phenoxy) is 1. The van der Waals surface area contributed by atoms with Crippen LogP contribution in [-0.2, 0) is 6.42 Å². The van der Waals surface area contributed by atoms with E-state index in [9.17, 15) is 0 Å². The Morgan fingerprint density at radius 3 is 3.00 bits per heavy atom. The van der Waals surface area contributed by atoms with Gasteiger partial charge in [0, 0.05) is 22.5 Å². The predicted octanol–water partition coefficient (Wildman–Crippen LogP) is 3.10. The fraction of sp³-hybridized carbons (Fsp3) is 0.267. The SMILES string of the molecule is COc1cccc2c3c(ccc12)CC(CC#N)N3. The van der Waals surface area contributed by atoms with Crippen LogP contribution in [-0.4, -0.2) is 13.2 Å². The van der Waals surface area contributed by atoms with Crippen LogP contribution in [0.5, 0.6) is 5.75 Å². The normalized spacial score (nSPS) is 17.0. The smallest absolute Gasteiger partial charge is 0.126 e. The van der Waals surface area contributed by atoms with Gasteiger partial charge in [-0.05, 0) is 18.1 Å². The first-order chi connectivity index (χ1) is 8.83. The summed E-state index contributed by atoms with van der Waals surface area (Å²) in [6, 6.07) is 12.8. The molecular formula is C15H14N2O. The molecule has 0 fully saturated rings. The molecule has 3 heteroatoms. The van der Waals surface area contributed by atoms with Gasteiger partial charge in [0.1, 0.15) is 5.75 Å². The molecule has 0 bridgehead atoms. The van der Waals surface area contributed by atoms with Crippen LogP contribution in [0, 0.1) is 11.3 Å². The number of anilines is 1. The van der Waals surface area contributed by atoms with Crippen molar-refractivity contribution in [1.82, 2.24) is 0 Å². The average Bonchev–Trinajstić information content (AvgIpc) is 2.81. The van der Waals surface area contributed by atoms with Crippen molar-refractivity contribution in [1.29, 1.82) is 5.26 Å². The third-order valence-electron chi connectivity index (χ3n) is 3.48. The quantitative estimate of drug-likeness (QED) is 0.874. The number of hydrogen-bond acceptors (Lipinski definition) is 3. The summed E-state index contributed by atoms with van der Waals surface area (Å²) in [5, 5.41) is 14.5. The third kappa shape index (κ3) is 1.58. The van der Waals surface area contributed by atoms with Crippen molar-refractivity contribution in [3.63, 3.8) is 0 Å². The lowest BCUT2D eigenvalue weighted by Crippen LogP contribution is -2.13. The van der Waals surface area contributed by atoms with Crippen LogP contribution < -0.4 is 10.1 Å². The Bertz CT molecular complexity index is 643. The molecule has 1 unspecified atom stereocenters. The van der Waals surface area contributed by atoms with E-state index in [-0.39, 0.29) is 6.04 Å². The second-order valence-corrected chi connectivity index (χ2v) is 4.56. The summed E-state index contributed by atoms with van der Waals surface area (Å²) >= 11 is 0. The van der Waals surface area contributed by atoms with Gasteiger partial charge in [0.05, 0.1) is 19.6 Å². The molecule has 0 saturated heterocycles. The van der Waals surface area contributed by atoms with Gasteiger partial charge in [0.2, 0.25) is 0 Å². The largest absolute Gasteiger partial charge is 0.496 e. The van der Waals surface area contributed by atoms with E-state index in [1.807, 2.05) is 12.1 Å². The number of hydrogen-bond donors (Lipinski definition) is 1. The van der Waals surface area contributed by atoms with Gasteiger partial charge in [-0.15, -0.1) is 0 Å². The van der Waals surface area contributed by atoms with Crippen LogP contribution in [0.2, 0.25) is 0 Å². The maximum Gasteiger partial charge on any atom is 0.126 e. The highest BCUT2D eigenvalue weighted by molar-refractivity contribution is 6.00. The van der Waals surface area contributed by atoms with Crippen molar-refractivity contribution in [3.05, 3.63) is 35.9 Å². The molecule has 1 aliphatic rings. The molecule has 1 atom stereocenters. The molecule has 1 aliphatic heterocycles. The van der Waals surface area contributed by atoms with Crippen molar-refractivity contribution in [2.24, 2.45) is 0 Å². The molecule has 90 valence electrons. The van der Waals surface area contributed by atoms with Gasteiger partial charge in [0.25, 0.3) is 0 Å². The van der Waals surface area contributed by atoms with Crippen molar-refractivity contribution in [3.8, 4) is 11.8 Å². The van der Waals surface area contributed by atoms with Gasteiger partial charge in [-0.3, -0.25) is 0 Å². The molecular weight excluding hydrogens is 224 g/mol. The number of methoxy groups -OCH3 is 1. The maximum absolute atomic E-state index is 8.79. The summed E-state index contributed by atoms with van der Waals surface area (Å²) < 4.78 is 5.38. The summed E-state index contributed by atoms with van der Waals surface area (Å²) in [5.74, 6) is 0.890. The summed E-state index contributed by atoms with van der Waals surface area (Å²) in [6.07, 6.45) is 1.47. The molecule has 0 aromatic heterocycles. The Morgan fingerprint density at radius 1 is 1.33 bits per heavy atom. The highest BCUT2D eigenvalue weighted by Gasteiger charge is 2.22. The summed E-state index contributed by atoms with van der Waals surface area (Å²) in [4.78, 5) is 0. The molecule has 1 heterocycles. The Labute approximate surface area is 106 Å². The van der Waals surface area contributed by atoms with E-state index in [1.54, 1.807) is 7.11 Å². The number of nitrogens with one attached hydrogen (secondary N) is 1. The first kappa shape index (κ1) is 10.9. The Balaban J connectivity index is 2.13. The molecule has 1 N–H and O–H groups in total. The van der Waals surface area contributed by atoms with Gasteiger partial charge in [-0.25, -0.2) is 0 Å². The molecule has 0 radical (unpaired) electrons. The van der Waals surface area contributed by atoms with E-state index in [4.69, 9.17) is 10.00 Å². The highest BCUT2D eigenvalue weighted by atomic mass is 16.5. The Hall–Kier alpha value is -2.21. The fourth-order valence-corrected chi connectivity index (χ4v) is 2.65. The van der Waals surface area contributed by atoms with Gasteiger partial charge in [-0.1, -0.05) is 24.3 Å². The molecule has 18 heavy (non-hydrogen) atoms. The number of fused-ring (bicyclic) bond motifs is 3. The van der Waals surface area contributed by atoms with Crippen molar-refractivity contribution >= 4 is 16.5 Å². The minimum absolute atomic E-state index is 0.238. The van der Waals surface area contributed by atoms with E-state index >= 15 is 0 Å². The fourth-order valence-electron chi connectivity index (χ4n) is 2.65. The highest BCUT2D eigenvalue weighted by Crippen LogP contribution is 2.37. The van der Waals surface area contributed by atoms with E-state index in [1.165, 1.54) is 10.9 Å². The lowest BCUT2D eigenvalue weighted by Gasteiger charge is -2.10. The number of nitriles is 1. The second kappa shape index (κ2) is 4.23. The zero-order chi connectivity index (χ0) is 12.5. The Kier molecular flexibility index (Phi) is 2.56. The van der Waals surface area contributed by atoms with Crippen LogP contribution in [0.15, 0.2) is 30.3 Å². The summed E-state index contributed by atoms with van der Waals surface area (Å²) in [7, 11) is 1.69. The topological polar surface area (TPSA) is 45.0 Å². The minimum atomic E-state index is 0.238. The molecule has 0 aliphatic carbocycles. The minimum Gasteiger partial charge on any atom is -0.496 e. The zero-order valence-corrected chi connectivity index (χ0v) is 10.2. The van der Waals surface area contributed by atoms with Gasteiger partial charge >= 0.3 is 0 Å². The van der Waals surface area contributed by atoms with E-state index in [0.717, 1.165) is 23.2 Å². The predicted molar refractivity (Wildman–Crippen MR) is 71.8 cm³/mol. The molecule has 0 spiro atoms. The maximum atomic E-state index is 8.79. The zero-order valence-electron chi connectivity index (χ0n) is 10.2. The van der Waals surface area contributed by atoms with Gasteiger partial charge in [0.15, 0.2) is 0 Å². The lowest BCUT2D eigenvalue weighted by molar-refractivity contribution is 0.420. The second-order valence-electron chi connectivity index (χ2n) is 4.56. The van der Waals surface area contributed by atoms with Crippen LogP contribution in [0.25, 0.3) is 10.8 Å². The summed E-state index contributed by atoms with van der Waals surface area (Å²) in [6.45, 7) is 0. The van der Waals surface area contributed by atoms with Crippen LogP contribution in [0.1, 0.15) is 12.0 Å². The molecule has 2 aromatic rings. The lowest BCUT2D eigenvalue weighted by atomic mass is 10.0. The number of nitrogens with zero attached hydrogens (tertiary/aromatic N) is 1. The Morgan fingerprint density at radius 2 is 2.22 bits per heavy atom. The van der Waals surface area contributed by atoms with Crippen LogP contribution in [0.4, 0.5) is 5.69 Å². The molecule has 0 amide bonds. The van der Waals surface area contributed by atoms with Gasteiger partial charge in [-0.2, -0.15) is 5.26 Å². The summed E-state index contributed by atoms with van der Waals surface area (Å²) in [5.41, 5.74) is 2.45. The standard InChI is InChI=1S/C15H14N2O/c1-18-14-4-2-3-13-12(14)6-5-10-9-11(7-8-16)17-15(10)13/h2-6,11,17H,7,9H2,1H3. The molecule has 3 nitrogen and oxygen atoms in total. The molecule has 0 saturated carbocycles. The van der Waals surface area contributed by atoms with Crippen molar-refractivity contribution in [2.75, 3.05) is 12.4 Å². The molecule has 2 aromatic carbocycles. The first-order valence-electron chi connectivity index (χ1n) is 6.05. The number of rotatable bonds is 2. The number of benzene rings is 2. The van der Waals surface area contributed by atoms with Crippen molar-refractivity contribution < 1.29 is 4.74 Å². The third-order valence-corrected chi connectivity index (χ3v) is 3.48. The van der Waals surface area contributed by atoms with E-state index < -0.39 is 0 Å².